The van der Waals surface area contributed by atoms with Crippen molar-refractivity contribution >= 4 is 17.4 Å². The lowest BCUT2D eigenvalue weighted by molar-refractivity contribution is -0.384. The standard InChI is InChI=1S/C11H13N3O4/c15-10-5-4-8(14(17)18)6-9(10)13-11(16)12-7-2-1-3-7/h4-7,15H,1-3H2,(H2,12,13,16). The number of urea groups is 1. The van der Waals surface area contributed by atoms with E-state index in [4.69, 9.17) is 0 Å². The molecule has 96 valence electrons. The first-order valence-electron chi connectivity index (χ1n) is 5.61. The predicted molar refractivity (Wildman–Crippen MR) is 64.6 cm³/mol. The highest BCUT2D eigenvalue weighted by Gasteiger charge is 2.20. The van der Waals surface area contributed by atoms with Crippen LogP contribution >= 0.6 is 0 Å². The van der Waals surface area contributed by atoms with E-state index in [-0.39, 0.29) is 23.2 Å². The number of nitrogens with zero attached hydrogens (tertiary/aromatic N) is 1. The molecule has 1 aromatic carbocycles. The lowest BCUT2D eigenvalue weighted by Gasteiger charge is -2.26. The number of nitro groups is 1. The molecule has 0 bridgehead atoms. The molecule has 0 atom stereocenters. The van der Waals surface area contributed by atoms with Crippen molar-refractivity contribution in [3.8, 4) is 5.75 Å². The summed E-state index contributed by atoms with van der Waals surface area (Å²) in [6.45, 7) is 0. The molecule has 7 heteroatoms. The molecule has 0 radical (unpaired) electrons. The van der Waals surface area contributed by atoms with E-state index in [0.29, 0.717) is 0 Å². The first-order valence-corrected chi connectivity index (χ1v) is 5.61. The van der Waals surface area contributed by atoms with Gasteiger partial charge in [0.25, 0.3) is 5.69 Å². The molecule has 1 fully saturated rings. The smallest absolute Gasteiger partial charge is 0.319 e. The average molecular weight is 251 g/mol. The summed E-state index contributed by atoms with van der Waals surface area (Å²) in [5, 5.41) is 25.2. The quantitative estimate of drug-likeness (QED) is 0.434. The van der Waals surface area contributed by atoms with E-state index in [0.717, 1.165) is 25.3 Å². The van der Waals surface area contributed by atoms with Crippen LogP contribution in [-0.2, 0) is 0 Å². The number of amides is 2. The van der Waals surface area contributed by atoms with Crippen molar-refractivity contribution < 1.29 is 14.8 Å². The second-order valence-corrected chi connectivity index (χ2v) is 4.18. The molecule has 0 heterocycles. The summed E-state index contributed by atoms with van der Waals surface area (Å²) in [5.41, 5.74) is -0.159. The van der Waals surface area contributed by atoms with E-state index in [2.05, 4.69) is 10.6 Å². The van der Waals surface area contributed by atoms with Crippen LogP contribution in [0.1, 0.15) is 19.3 Å². The Hall–Kier alpha value is -2.31. The molecule has 1 aromatic rings. The number of carbonyl (C=O) groups excluding carboxylic acids is 1. The molecule has 2 rings (SSSR count). The van der Waals surface area contributed by atoms with E-state index >= 15 is 0 Å². The summed E-state index contributed by atoms with van der Waals surface area (Å²) < 4.78 is 0. The Morgan fingerprint density at radius 3 is 2.72 bits per heavy atom. The van der Waals surface area contributed by atoms with Gasteiger partial charge in [0.1, 0.15) is 5.75 Å². The maximum atomic E-state index is 11.5. The van der Waals surface area contributed by atoms with E-state index < -0.39 is 11.0 Å². The maximum absolute atomic E-state index is 11.5. The minimum atomic E-state index is -0.589. The molecule has 0 aromatic heterocycles. The van der Waals surface area contributed by atoms with Crippen LogP contribution in [-0.4, -0.2) is 22.1 Å². The van der Waals surface area contributed by atoms with E-state index in [1.807, 2.05) is 0 Å². The summed E-state index contributed by atoms with van der Waals surface area (Å²) >= 11 is 0. The summed E-state index contributed by atoms with van der Waals surface area (Å²) in [6, 6.07) is 3.17. The number of benzene rings is 1. The summed E-state index contributed by atoms with van der Waals surface area (Å²) in [6.07, 6.45) is 2.97. The molecular weight excluding hydrogens is 238 g/mol. The van der Waals surface area contributed by atoms with Crippen LogP contribution in [0.3, 0.4) is 0 Å². The zero-order chi connectivity index (χ0) is 13.1. The third kappa shape index (κ3) is 2.68. The number of phenols is 1. The van der Waals surface area contributed by atoms with Crippen LogP contribution in [0.25, 0.3) is 0 Å². The molecular formula is C11H13N3O4. The Bertz CT molecular complexity index is 485. The van der Waals surface area contributed by atoms with Crippen LogP contribution in [0.4, 0.5) is 16.2 Å². The third-order valence-corrected chi connectivity index (χ3v) is 2.88. The SMILES string of the molecule is O=C(Nc1cc([N+](=O)[O-])ccc1O)NC1CCC1. The lowest BCUT2D eigenvalue weighted by Crippen LogP contribution is -2.41. The molecule has 0 spiro atoms. The number of hydrogen-bond acceptors (Lipinski definition) is 4. The van der Waals surface area contributed by atoms with Gasteiger partial charge in [-0.15, -0.1) is 0 Å². The molecule has 3 N–H and O–H groups in total. The van der Waals surface area contributed by atoms with Gasteiger partial charge in [-0.25, -0.2) is 4.79 Å². The Kier molecular flexibility index (Phi) is 3.31. The molecule has 1 aliphatic carbocycles. The largest absolute Gasteiger partial charge is 0.506 e. The molecule has 0 aliphatic heterocycles. The van der Waals surface area contributed by atoms with Crippen LogP contribution < -0.4 is 10.6 Å². The number of nitro benzene ring substituents is 1. The minimum absolute atomic E-state index is 0.0287. The van der Waals surface area contributed by atoms with Gasteiger partial charge in [0.05, 0.1) is 10.6 Å². The second kappa shape index (κ2) is 4.91. The Morgan fingerprint density at radius 2 is 2.17 bits per heavy atom. The molecule has 2 amide bonds. The number of rotatable bonds is 3. The number of aromatic hydroxyl groups is 1. The molecule has 0 saturated heterocycles. The maximum Gasteiger partial charge on any atom is 0.319 e. The summed E-state index contributed by atoms with van der Waals surface area (Å²) in [4.78, 5) is 21.5. The van der Waals surface area contributed by atoms with Gasteiger partial charge in [-0.05, 0) is 25.3 Å². The van der Waals surface area contributed by atoms with Crippen molar-refractivity contribution in [2.45, 2.75) is 25.3 Å². The van der Waals surface area contributed by atoms with Gasteiger partial charge >= 0.3 is 6.03 Å². The third-order valence-electron chi connectivity index (χ3n) is 2.88. The van der Waals surface area contributed by atoms with Crippen molar-refractivity contribution in [2.75, 3.05) is 5.32 Å². The van der Waals surface area contributed by atoms with E-state index in [1.165, 1.54) is 12.1 Å². The highest BCUT2D eigenvalue weighted by atomic mass is 16.6. The van der Waals surface area contributed by atoms with Gasteiger partial charge in [0, 0.05) is 18.2 Å². The van der Waals surface area contributed by atoms with Gasteiger partial charge in [0.2, 0.25) is 0 Å². The second-order valence-electron chi connectivity index (χ2n) is 4.18. The molecule has 18 heavy (non-hydrogen) atoms. The number of anilines is 1. The molecule has 0 unspecified atom stereocenters. The Morgan fingerprint density at radius 1 is 1.44 bits per heavy atom. The van der Waals surface area contributed by atoms with Gasteiger partial charge < -0.3 is 15.7 Å². The van der Waals surface area contributed by atoms with Crippen molar-refractivity contribution in [1.82, 2.24) is 5.32 Å². The van der Waals surface area contributed by atoms with Crippen LogP contribution in [0, 0.1) is 10.1 Å². The fraction of sp³-hybridized carbons (Fsp3) is 0.364. The van der Waals surface area contributed by atoms with Gasteiger partial charge in [-0.2, -0.15) is 0 Å². The molecule has 1 aliphatic rings. The zero-order valence-electron chi connectivity index (χ0n) is 9.55. The topological polar surface area (TPSA) is 104 Å². The predicted octanol–water partition coefficient (Wildman–Crippen LogP) is 1.97. The summed E-state index contributed by atoms with van der Waals surface area (Å²) in [5.74, 6) is -0.204. The first kappa shape index (κ1) is 12.2. The Balaban J connectivity index is 2.04. The highest BCUT2D eigenvalue weighted by molar-refractivity contribution is 5.91. The fourth-order valence-corrected chi connectivity index (χ4v) is 1.63. The van der Waals surface area contributed by atoms with Gasteiger partial charge in [-0.3, -0.25) is 10.1 Å². The van der Waals surface area contributed by atoms with Gasteiger partial charge in [-0.1, -0.05) is 0 Å². The summed E-state index contributed by atoms with van der Waals surface area (Å²) in [7, 11) is 0. The van der Waals surface area contributed by atoms with Crippen LogP contribution in [0.2, 0.25) is 0 Å². The minimum Gasteiger partial charge on any atom is -0.506 e. The first-order chi connectivity index (χ1) is 8.56. The van der Waals surface area contributed by atoms with E-state index in [9.17, 15) is 20.0 Å². The lowest BCUT2D eigenvalue weighted by atomic mass is 9.93. The van der Waals surface area contributed by atoms with Crippen molar-refractivity contribution in [2.24, 2.45) is 0 Å². The van der Waals surface area contributed by atoms with Crippen molar-refractivity contribution in [3.63, 3.8) is 0 Å². The Labute approximate surface area is 103 Å². The van der Waals surface area contributed by atoms with Crippen molar-refractivity contribution in [3.05, 3.63) is 28.3 Å². The number of phenolic OH excluding ortho intramolecular Hbond substituents is 1. The van der Waals surface area contributed by atoms with Crippen LogP contribution in [0.15, 0.2) is 18.2 Å². The monoisotopic (exact) mass is 251 g/mol. The fourth-order valence-electron chi connectivity index (χ4n) is 1.63. The van der Waals surface area contributed by atoms with Gasteiger partial charge in [0.15, 0.2) is 0 Å². The van der Waals surface area contributed by atoms with Crippen molar-refractivity contribution in [1.29, 1.82) is 0 Å². The van der Waals surface area contributed by atoms with Crippen LogP contribution in [0.5, 0.6) is 5.75 Å². The highest BCUT2D eigenvalue weighted by Crippen LogP contribution is 2.27. The molecule has 1 saturated carbocycles. The number of carbonyl (C=O) groups is 1. The normalized spacial score (nSPS) is 14.7. The zero-order valence-corrected chi connectivity index (χ0v) is 9.55. The molecule has 7 nitrogen and oxygen atoms in total. The average Bonchev–Trinajstić information content (AvgIpc) is 2.26. The number of nitrogens with one attached hydrogen (secondary N) is 2. The number of non-ortho nitro benzene ring substituents is 1. The van der Waals surface area contributed by atoms with E-state index in [1.54, 1.807) is 0 Å². The number of hydrogen-bond donors (Lipinski definition) is 3.